The van der Waals surface area contributed by atoms with E-state index in [0.717, 1.165) is 14.7 Å². The fourth-order valence-electron chi connectivity index (χ4n) is 2.48. The van der Waals surface area contributed by atoms with Crippen LogP contribution in [0.5, 0.6) is 0 Å². The van der Waals surface area contributed by atoms with Crippen LogP contribution >= 0.6 is 11.3 Å². The number of nitrogens with one attached hydrogen (secondary N) is 1. The van der Waals surface area contributed by atoms with Gasteiger partial charge in [0.15, 0.2) is 0 Å². The van der Waals surface area contributed by atoms with Crippen LogP contribution < -0.4 is 5.32 Å². The van der Waals surface area contributed by atoms with Crippen LogP contribution in [0, 0.1) is 12.3 Å². The summed E-state index contributed by atoms with van der Waals surface area (Å²) in [5.41, 5.74) is -1.11. The van der Waals surface area contributed by atoms with E-state index in [-0.39, 0.29) is 12.5 Å². The maximum absolute atomic E-state index is 12.6. The molecule has 0 bridgehead atoms. The topological polar surface area (TPSA) is 66.5 Å². The van der Waals surface area contributed by atoms with Gasteiger partial charge in [-0.15, -0.1) is 11.3 Å². The molecular weight excluding hydrogens is 276 g/mol. The molecule has 1 N–H and O–H groups in total. The highest BCUT2D eigenvalue weighted by molar-refractivity contribution is 7.11. The zero-order valence-corrected chi connectivity index (χ0v) is 12.7. The number of aryl methyl sites for hydroxylation is 1. The molecule has 6 heteroatoms. The molecule has 0 spiro atoms. The molecule has 2 rings (SSSR count). The van der Waals surface area contributed by atoms with Crippen molar-refractivity contribution >= 4 is 29.2 Å². The van der Waals surface area contributed by atoms with E-state index in [4.69, 9.17) is 0 Å². The lowest BCUT2D eigenvalue weighted by Gasteiger charge is -2.38. The third-order valence-electron chi connectivity index (χ3n) is 3.87. The molecule has 0 unspecified atom stereocenters. The summed E-state index contributed by atoms with van der Waals surface area (Å²) in [5, 5.41) is 2.31. The number of hydrogen-bond donors (Lipinski definition) is 1. The smallest absolute Gasteiger partial charge is 0.277 e. The van der Waals surface area contributed by atoms with Crippen molar-refractivity contribution in [3.05, 3.63) is 21.9 Å². The highest BCUT2D eigenvalue weighted by Gasteiger charge is 2.51. The van der Waals surface area contributed by atoms with Gasteiger partial charge in [-0.2, -0.15) is 0 Å². The standard InChI is InChI=1S/C14H18N2O3S/c1-4-14(5-2)11(17)15-13(19)16(12(14)18)8-10-7-6-9(3)20-10/h6-7H,4-5,8H2,1-3H3,(H,15,17,19). The summed E-state index contributed by atoms with van der Waals surface area (Å²) in [7, 11) is 0. The Labute approximate surface area is 122 Å². The monoisotopic (exact) mass is 294 g/mol. The molecule has 2 heterocycles. The summed E-state index contributed by atoms with van der Waals surface area (Å²) >= 11 is 1.54. The van der Waals surface area contributed by atoms with E-state index in [1.54, 1.807) is 25.2 Å². The molecule has 108 valence electrons. The molecule has 0 atom stereocenters. The lowest BCUT2D eigenvalue weighted by Crippen LogP contribution is -2.63. The predicted molar refractivity (Wildman–Crippen MR) is 76.2 cm³/mol. The van der Waals surface area contributed by atoms with E-state index in [0.29, 0.717) is 12.8 Å². The third-order valence-corrected chi connectivity index (χ3v) is 4.86. The minimum absolute atomic E-state index is 0.220. The van der Waals surface area contributed by atoms with E-state index in [1.807, 2.05) is 19.1 Å². The summed E-state index contributed by atoms with van der Waals surface area (Å²) in [6, 6.07) is 3.23. The molecule has 1 saturated heterocycles. The van der Waals surface area contributed by atoms with Gasteiger partial charge < -0.3 is 0 Å². The molecule has 5 nitrogen and oxygen atoms in total. The van der Waals surface area contributed by atoms with Gasteiger partial charge in [0.2, 0.25) is 11.8 Å². The van der Waals surface area contributed by atoms with Crippen molar-refractivity contribution in [2.75, 3.05) is 0 Å². The van der Waals surface area contributed by atoms with Crippen molar-refractivity contribution in [3.63, 3.8) is 0 Å². The maximum Gasteiger partial charge on any atom is 0.331 e. The van der Waals surface area contributed by atoms with E-state index in [9.17, 15) is 14.4 Å². The average Bonchev–Trinajstić information content (AvgIpc) is 2.82. The second-order valence-electron chi connectivity index (χ2n) is 4.95. The number of nitrogens with zero attached hydrogens (tertiary/aromatic N) is 1. The number of carbonyl (C=O) groups excluding carboxylic acids is 3. The highest BCUT2D eigenvalue weighted by Crippen LogP contribution is 2.33. The van der Waals surface area contributed by atoms with Gasteiger partial charge in [0, 0.05) is 9.75 Å². The fraction of sp³-hybridized carbons (Fsp3) is 0.500. The number of urea groups is 1. The molecule has 4 amide bonds. The van der Waals surface area contributed by atoms with E-state index in [1.165, 1.54) is 0 Å². The second kappa shape index (κ2) is 5.36. The minimum Gasteiger partial charge on any atom is -0.277 e. The van der Waals surface area contributed by atoms with Crippen LogP contribution in [0.3, 0.4) is 0 Å². The molecule has 0 radical (unpaired) electrons. The Kier molecular flexibility index (Phi) is 3.94. The quantitative estimate of drug-likeness (QED) is 0.867. The number of thiophene rings is 1. The van der Waals surface area contributed by atoms with Gasteiger partial charge in [-0.05, 0) is 31.9 Å². The van der Waals surface area contributed by atoms with Crippen molar-refractivity contribution in [1.82, 2.24) is 10.2 Å². The first-order valence-corrected chi connectivity index (χ1v) is 7.49. The number of imide groups is 2. The summed E-state index contributed by atoms with van der Waals surface area (Å²) < 4.78 is 0. The van der Waals surface area contributed by atoms with Crippen LogP contribution in [0.1, 0.15) is 36.4 Å². The van der Waals surface area contributed by atoms with Crippen LogP contribution in [-0.4, -0.2) is 22.7 Å². The lowest BCUT2D eigenvalue weighted by molar-refractivity contribution is -0.152. The first-order valence-electron chi connectivity index (χ1n) is 6.67. The number of carbonyl (C=O) groups is 3. The van der Waals surface area contributed by atoms with Gasteiger partial charge in [-0.25, -0.2) is 4.79 Å². The second-order valence-corrected chi connectivity index (χ2v) is 6.32. The molecule has 1 aromatic rings. The summed E-state index contributed by atoms with van der Waals surface area (Å²) in [6.45, 7) is 5.78. The SMILES string of the molecule is CCC1(CC)C(=O)NC(=O)N(Cc2ccc(C)s2)C1=O. The van der Waals surface area contributed by atoms with Gasteiger partial charge in [-0.1, -0.05) is 13.8 Å². The largest absolute Gasteiger partial charge is 0.331 e. The van der Waals surface area contributed by atoms with Gasteiger partial charge in [0.25, 0.3) is 0 Å². The van der Waals surface area contributed by atoms with Gasteiger partial charge in [-0.3, -0.25) is 19.8 Å². The van der Waals surface area contributed by atoms with Crippen LogP contribution in [-0.2, 0) is 16.1 Å². The molecule has 0 aliphatic carbocycles. The Bertz CT molecular complexity index is 561. The van der Waals surface area contributed by atoms with E-state index in [2.05, 4.69) is 5.32 Å². The van der Waals surface area contributed by atoms with Gasteiger partial charge in [0.1, 0.15) is 5.41 Å². The summed E-state index contributed by atoms with van der Waals surface area (Å²) in [4.78, 5) is 39.7. The lowest BCUT2D eigenvalue weighted by atomic mass is 9.78. The molecular formula is C14H18N2O3S. The minimum atomic E-state index is -1.11. The van der Waals surface area contributed by atoms with Crippen molar-refractivity contribution in [2.45, 2.75) is 40.2 Å². The van der Waals surface area contributed by atoms with Crippen molar-refractivity contribution in [1.29, 1.82) is 0 Å². The maximum atomic E-state index is 12.6. The molecule has 20 heavy (non-hydrogen) atoms. The van der Waals surface area contributed by atoms with Crippen LogP contribution in [0.15, 0.2) is 12.1 Å². The Morgan fingerprint density at radius 2 is 1.85 bits per heavy atom. The summed E-state index contributed by atoms with van der Waals surface area (Å²) in [6.07, 6.45) is 0.781. The zero-order valence-electron chi connectivity index (χ0n) is 11.9. The first kappa shape index (κ1) is 14.7. The molecule has 1 fully saturated rings. The van der Waals surface area contributed by atoms with Gasteiger partial charge >= 0.3 is 6.03 Å². The number of amides is 4. The fourth-order valence-corrected chi connectivity index (χ4v) is 3.35. The Hall–Kier alpha value is -1.69. The molecule has 0 aromatic carbocycles. The Balaban J connectivity index is 2.30. The third kappa shape index (κ3) is 2.24. The van der Waals surface area contributed by atoms with E-state index < -0.39 is 17.4 Å². The normalized spacial score (nSPS) is 18.4. The molecule has 1 aliphatic rings. The molecule has 1 aromatic heterocycles. The first-order chi connectivity index (χ1) is 9.44. The Morgan fingerprint density at radius 1 is 1.20 bits per heavy atom. The number of hydrogen-bond acceptors (Lipinski definition) is 4. The molecule has 0 saturated carbocycles. The zero-order chi connectivity index (χ0) is 14.9. The average molecular weight is 294 g/mol. The predicted octanol–water partition coefficient (Wildman–Crippen LogP) is 2.44. The van der Waals surface area contributed by atoms with Crippen LogP contribution in [0.4, 0.5) is 4.79 Å². The van der Waals surface area contributed by atoms with Crippen molar-refractivity contribution in [3.8, 4) is 0 Å². The number of barbiturate groups is 1. The van der Waals surface area contributed by atoms with E-state index >= 15 is 0 Å². The highest BCUT2D eigenvalue weighted by atomic mass is 32.1. The van der Waals surface area contributed by atoms with Crippen LogP contribution in [0.2, 0.25) is 0 Å². The van der Waals surface area contributed by atoms with Crippen molar-refractivity contribution in [2.24, 2.45) is 5.41 Å². The molecule has 1 aliphatic heterocycles. The van der Waals surface area contributed by atoms with Crippen molar-refractivity contribution < 1.29 is 14.4 Å². The Morgan fingerprint density at radius 3 is 2.35 bits per heavy atom. The number of rotatable bonds is 4. The summed E-state index contributed by atoms with van der Waals surface area (Å²) in [5.74, 6) is -0.863. The van der Waals surface area contributed by atoms with Crippen LogP contribution in [0.25, 0.3) is 0 Å². The van der Waals surface area contributed by atoms with Gasteiger partial charge in [0.05, 0.1) is 6.54 Å².